The van der Waals surface area contributed by atoms with Gasteiger partial charge in [-0.05, 0) is 41.5 Å². The van der Waals surface area contributed by atoms with Gasteiger partial charge >= 0.3 is 5.97 Å². The first-order valence-electron chi connectivity index (χ1n) is 11.2. The molecule has 4 rings (SSSR count). The summed E-state index contributed by atoms with van der Waals surface area (Å²) in [7, 11) is 0. The van der Waals surface area contributed by atoms with Crippen molar-refractivity contribution >= 4 is 51.5 Å². The summed E-state index contributed by atoms with van der Waals surface area (Å²) < 4.78 is 0. The first-order valence-corrected chi connectivity index (χ1v) is 12.8. The number of carboxylic acids is 1. The minimum atomic E-state index is -0.953. The van der Waals surface area contributed by atoms with Gasteiger partial charge in [-0.3, -0.25) is 9.59 Å². The van der Waals surface area contributed by atoms with E-state index in [1.165, 1.54) is 0 Å². The fraction of sp³-hybridized carbons (Fsp3) is 0.148. The minimum absolute atomic E-state index is 0.0849. The molecule has 0 bridgehead atoms. The number of carbonyl (C=O) groups is 2. The number of halogens is 2. The monoisotopic (exact) mass is 539 g/mol. The van der Waals surface area contributed by atoms with Gasteiger partial charge in [-0.1, -0.05) is 65.7 Å². The number of carboxylic acid groups (broad SMARTS) is 1. The summed E-state index contributed by atoms with van der Waals surface area (Å²) >= 11 is 14.0. The SMILES string of the molecule is O=C(O)CCNC(=O)c1ccc(CN(Cc2ccccc2Cl)c2nc(-c3ccc(Cl)cc3)cs2)cc1. The van der Waals surface area contributed by atoms with Crippen LogP contribution in [0, 0.1) is 0 Å². The van der Waals surface area contributed by atoms with Gasteiger partial charge < -0.3 is 15.3 Å². The van der Waals surface area contributed by atoms with E-state index in [-0.39, 0.29) is 18.9 Å². The number of aliphatic carboxylic acids is 1. The summed E-state index contributed by atoms with van der Waals surface area (Å²) in [5, 5.41) is 15.6. The third kappa shape index (κ3) is 6.85. The second-order valence-electron chi connectivity index (χ2n) is 8.07. The molecule has 0 aliphatic heterocycles. The molecule has 0 unspecified atom stereocenters. The largest absolute Gasteiger partial charge is 0.481 e. The zero-order valence-electron chi connectivity index (χ0n) is 19.2. The minimum Gasteiger partial charge on any atom is -0.481 e. The lowest BCUT2D eigenvalue weighted by Crippen LogP contribution is -2.26. The van der Waals surface area contributed by atoms with Gasteiger partial charge in [0.2, 0.25) is 0 Å². The lowest BCUT2D eigenvalue weighted by Gasteiger charge is -2.23. The topological polar surface area (TPSA) is 82.5 Å². The first-order chi connectivity index (χ1) is 17.4. The van der Waals surface area contributed by atoms with Crippen LogP contribution in [0.4, 0.5) is 5.13 Å². The molecule has 1 heterocycles. The highest BCUT2D eigenvalue weighted by atomic mass is 35.5. The second-order valence-corrected chi connectivity index (χ2v) is 9.75. The van der Waals surface area contributed by atoms with Crippen molar-refractivity contribution < 1.29 is 14.7 Å². The molecule has 9 heteroatoms. The molecule has 0 radical (unpaired) electrons. The van der Waals surface area contributed by atoms with Crippen molar-refractivity contribution in [1.82, 2.24) is 10.3 Å². The molecular weight excluding hydrogens is 517 g/mol. The van der Waals surface area contributed by atoms with Crippen molar-refractivity contribution in [2.75, 3.05) is 11.4 Å². The lowest BCUT2D eigenvalue weighted by atomic mass is 10.1. The van der Waals surface area contributed by atoms with E-state index in [4.69, 9.17) is 33.3 Å². The molecule has 0 aliphatic rings. The average Bonchev–Trinajstić information content (AvgIpc) is 3.36. The number of nitrogens with one attached hydrogen (secondary N) is 1. The first kappa shape index (κ1) is 25.7. The van der Waals surface area contributed by atoms with Crippen molar-refractivity contribution in [1.29, 1.82) is 0 Å². The zero-order chi connectivity index (χ0) is 25.5. The van der Waals surface area contributed by atoms with Crippen LogP contribution in [-0.2, 0) is 17.9 Å². The molecule has 0 spiro atoms. The molecular formula is C27H23Cl2N3O3S. The van der Waals surface area contributed by atoms with Gasteiger partial charge in [-0.25, -0.2) is 4.98 Å². The highest BCUT2D eigenvalue weighted by molar-refractivity contribution is 7.14. The van der Waals surface area contributed by atoms with Crippen molar-refractivity contribution in [2.45, 2.75) is 19.5 Å². The summed E-state index contributed by atoms with van der Waals surface area (Å²) in [6.45, 7) is 1.20. The van der Waals surface area contributed by atoms with Gasteiger partial charge in [0.15, 0.2) is 5.13 Å². The van der Waals surface area contributed by atoms with Gasteiger partial charge in [0.05, 0.1) is 12.1 Å². The van der Waals surface area contributed by atoms with Gasteiger partial charge in [-0.2, -0.15) is 0 Å². The number of aromatic nitrogens is 1. The number of carbonyl (C=O) groups excluding carboxylic acids is 1. The molecule has 2 N–H and O–H groups in total. The standard InChI is InChI=1S/C27H23Cl2N3O3S/c28-22-11-9-19(10-12-22)24-17-36-27(31-24)32(16-21-3-1-2-4-23(21)29)15-18-5-7-20(8-6-18)26(35)30-14-13-25(33)34/h1-12,17H,13-16H2,(H,30,35)(H,33,34). The Labute approximate surface area is 223 Å². The lowest BCUT2D eigenvalue weighted by molar-refractivity contribution is -0.136. The van der Waals surface area contributed by atoms with E-state index in [0.717, 1.165) is 27.5 Å². The summed E-state index contributed by atoms with van der Waals surface area (Å²) in [6.07, 6.45) is -0.118. The molecule has 36 heavy (non-hydrogen) atoms. The number of amides is 1. The fourth-order valence-electron chi connectivity index (χ4n) is 3.55. The third-order valence-electron chi connectivity index (χ3n) is 5.44. The second kappa shape index (κ2) is 12.0. The number of rotatable bonds is 10. The molecule has 0 fully saturated rings. The van der Waals surface area contributed by atoms with Crippen molar-refractivity contribution in [3.63, 3.8) is 0 Å². The molecule has 3 aromatic carbocycles. The van der Waals surface area contributed by atoms with E-state index >= 15 is 0 Å². The van der Waals surface area contributed by atoms with Crippen LogP contribution in [0.5, 0.6) is 0 Å². The Morgan fingerprint density at radius 2 is 1.67 bits per heavy atom. The van der Waals surface area contributed by atoms with E-state index in [9.17, 15) is 9.59 Å². The third-order valence-corrected chi connectivity index (χ3v) is 6.96. The highest BCUT2D eigenvalue weighted by Gasteiger charge is 2.16. The maximum Gasteiger partial charge on any atom is 0.305 e. The van der Waals surface area contributed by atoms with Crippen LogP contribution in [0.2, 0.25) is 10.0 Å². The normalized spacial score (nSPS) is 10.7. The Morgan fingerprint density at radius 1 is 0.944 bits per heavy atom. The molecule has 0 aliphatic carbocycles. The molecule has 0 saturated carbocycles. The van der Waals surface area contributed by atoms with Crippen LogP contribution in [0.3, 0.4) is 0 Å². The van der Waals surface area contributed by atoms with Crippen LogP contribution in [0.25, 0.3) is 11.3 Å². The molecule has 184 valence electrons. The summed E-state index contributed by atoms with van der Waals surface area (Å²) in [6, 6.07) is 22.5. The van der Waals surface area contributed by atoms with E-state index in [0.29, 0.717) is 28.7 Å². The summed E-state index contributed by atoms with van der Waals surface area (Å²) in [4.78, 5) is 29.9. The molecule has 0 saturated heterocycles. The van der Waals surface area contributed by atoms with Crippen molar-refractivity contribution in [3.05, 3.63) is 105 Å². The van der Waals surface area contributed by atoms with Gasteiger partial charge in [0, 0.05) is 46.2 Å². The quantitative estimate of drug-likeness (QED) is 0.239. The maximum absolute atomic E-state index is 12.3. The van der Waals surface area contributed by atoms with Gasteiger partial charge in [0.25, 0.3) is 5.91 Å². The Balaban J connectivity index is 1.54. The summed E-state index contributed by atoms with van der Waals surface area (Å²) in [5.41, 5.74) is 4.30. The smallest absolute Gasteiger partial charge is 0.305 e. The Morgan fingerprint density at radius 3 is 2.36 bits per heavy atom. The number of hydrogen-bond acceptors (Lipinski definition) is 5. The van der Waals surface area contributed by atoms with E-state index in [1.807, 2.05) is 66.0 Å². The maximum atomic E-state index is 12.3. The molecule has 1 aromatic heterocycles. The fourth-order valence-corrected chi connectivity index (χ4v) is 4.71. The van der Waals surface area contributed by atoms with Crippen LogP contribution < -0.4 is 10.2 Å². The molecule has 0 atom stereocenters. The van der Waals surface area contributed by atoms with Gasteiger partial charge in [0.1, 0.15) is 0 Å². The number of benzene rings is 3. The highest BCUT2D eigenvalue weighted by Crippen LogP contribution is 2.31. The van der Waals surface area contributed by atoms with Crippen molar-refractivity contribution in [2.24, 2.45) is 0 Å². The number of hydrogen-bond donors (Lipinski definition) is 2. The van der Waals surface area contributed by atoms with Gasteiger partial charge in [-0.15, -0.1) is 11.3 Å². The number of nitrogens with zero attached hydrogens (tertiary/aromatic N) is 2. The molecule has 6 nitrogen and oxygen atoms in total. The van der Waals surface area contributed by atoms with Crippen LogP contribution >= 0.6 is 34.5 Å². The van der Waals surface area contributed by atoms with E-state index in [2.05, 4.69) is 10.2 Å². The van der Waals surface area contributed by atoms with Crippen LogP contribution in [0.1, 0.15) is 27.9 Å². The van der Waals surface area contributed by atoms with E-state index in [1.54, 1.807) is 23.5 Å². The Bertz CT molecular complexity index is 1340. The Hall–Kier alpha value is -3.39. The number of thiazole rings is 1. The number of anilines is 1. The van der Waals surface area contributed by atoms with E-state index < -0.39 is 5.97 Å². The van der Waals surface area contributed by atoms with Crippen molar-refractivity contribution in [3.8, 4) is 11.3 Å². The van der Waals surface area contributed by atoms with Crippen LogP contribution in [0.15, 0.2) is 78.2 Å². The predicted molar refractivity (Wildman–Crippen MR) is 145 cm³/mol. The average molecular weight is 540 g/mol. The Kier molecular flexibility index (Phi) is 8.59. The zero-order valence-corrected chi connectivity index (χ0v) is 21.5. The van der Waals surface area contributed by atoms with Crippen LogP contribution in [-0.4, -0.2) is 28.5 Å². The molecule has 1 amide bonds. The summed E-state index contributed by atoms with van der Waals surface area (Å²) in [5.74, 6) is -1.26. The predicted octanol–water partition coefficient (Wildman–Crippen LogP) is 6.53. The molecule has 4 aromatic rings.